The SMILES string of the molecule is CC(C)(C)c1cc(NC(=O)NCc2ccccc2Oc2ccc3c(c2)N2C=CN(C(=O)NC(CO)CO)C2S3)n(-c2ccc(O)c(Cl)c2)n1. The molecule has 6 N–H and O–H groups in total. The summed E-state index contributed by atoms with van der Waals surface area (Å²) in [7, 11) is 0. The lowest BCUT2D eigenvalue weighted by molar-refractivity contribution is 0.160. The number of aromatic hydroxyl groups is 1. The molecule has 1 atom stereocenters. The highest BCUT2D eigenvalue weighted by atomic mass is 35.5. The van der Waals surface area contributed by atoms with Crippen molar-refractivity contribution in [3.63, 3.8) is 0 Å². The number of hydrogen-bond donors (Lipinski definition) is 6. The third-order valence-corrected chi connectivity index (χ3v) is 9.41. The van der Waals surface area contributed by atoms with Gasteiger partial charge in [0.25, 0.3) is 0 Å². The summed E-state index contributed by atoms with van der Waals surface area (Å²) in [5.41, 5.74) is 2.27. The number of carbonyl (C=O) groups excluding carboxylic acids is 2. The second-order valence-electron chi connectivity index (χ2n) is 12.4. The summed E-state index contributed by atoms with van der Waals surface area (Å²) < 4.78 is 7.87. The van der Waals surface area contributed by atoms with Crippen LogP contribution in [0.25, 0.3) is 5.69 Å². The number of phenols is 1. The number of hydrogen-bond acceptors (Lipinski definition) is 9. The number of aromatic nitrogens is 2. The molecule has 6 rings (SSSR count). The molecule has 3 heterocycles. The third kappa shape index (κ3) is 7.27. The summed E-state index contributed by atoms with van der Waals surface area (Å²) >= 11 is 7.65. The van der Waals surface area contributed by atoms with Gasteiger partial charge in [0, 0.05) is 47.0 Å². The van der Waals surface area contributed by atoms with Crippen LogP contribution in [0.15, 0.2) is 84.0 Å². The number of halogens is 1. The predicted molar refractivity (Wildman–Crippen MR) is 187 cm³/mol. The number of aliphatic hydroxyl groups excluding tert-OH is 2. The van der Waals surface area contributed by atoms with Crippen LogP contribution < -0.4 is 25.6 Å². The van der Waals surface area contributed by atoms with Gasteiger partial charge in [-0.3, -0.25) is 10.2 Å². The molecule has 1 unspecified atom stereocenters. The minimum Gasteiger partial charge on any atom is -0.506 e. The van der Waals surface area contributed by atoms with Crippen LogP contribution in [0, 0.1) is 0 Å². The van der Waals surface area contributed by atoms with Crippen molar-refractivity contribution in [3.05, 3.63) is 95.4 Å². The van der Waals surface area contributed by atoms with Gasteiger partial charge in [-0.15, -0.1) is 0 Å². The molecule has 13 nitrogen and oxygen atoms in total. The fourth-order valence-electron chi connectivity index (χ4n) is 5.15. The maximum Gasteiger partial charge on any atom is 0.324 e. The molecule has 0 spiro atoms. The lowest BCUT2D eigenvalue weighted by atomic mass is 9.92. The van der Waals surface area contributed by atoms with E-state index in [4.69, 9.17) is 21.4 Å². The molecule has 0 fully saturated rings. The quantitative estimate of drug-likeness (QED) is 0.128. The van der Waals surface area contributed by atoms with Gasteiger partial charge in [0.2, 0.25) is 0 Å². The first-order valence-corrected chi connectivity index (χ1v) is 16.7. The van der Waals surface area contributed by atoms with Crippen molar-refractivity contribution in [1.82, 2.24) is 25.3 Å². The van der Waals surface area contributed by atoms with Gasteiger partial charge < -0.3 is 35.6 Å². The number of phenolic OH excluding ortho intramolecular Hbond substituents is 1. The Hall–Kier alpha value is -4.89. The highest BCUT2D eigenvalue weighted by molar-refractivity contribution is 8.00. The number of nitrogens with one attached hydrogen (secondary N) is 3. The fourth-order valence-corrected chi connectivity index (χ4v) is 6.56. The smallest absolute Gasteiger partial charge is 0.324 e. The highest BCUT2D eigenvalue weighted by Crippen LogP contribution is 2.49. The van der Waals surface area contributed by atoms with Crippen LogP contribution in [0.5, 0.6) is 17.2 Å². The van der Waals surface area contributed by atoms with Crippen LogP contribution in [0.4, 0.5) is 21.1 Å². The maximum atomic E-state index is 13.2. The molecule has 1 aromatic heterocycles. The molecule has 0 saturated carbocycles. The summed E-state index contributed by atoms with van der Waals surface area (Å²) in [6, 6.07) is 17.9. The van der Waals surface area contributed by atoms with Gasteiger partial charge in [0.15, 0.2) is 5.50 Å². The zero-order valence-corrected chi connectivity index (χ0v) is 28.5. The Balaban J connectivity index is 1.13. The van der Waals surface area contributed by atoms with Gasteiger partial charge in [-0.05, 0) is 36.4 Å². The van der Waals surface area contributed by atoms with E-state index in [2.05, 4.69) is 16.0 Å². The summed E-state index contributed by atoms with van der Waals surface area (Å²) in [5, 5.41) is 41.9. The maximum absolute atomic E-state index is 13.2. The number of thioether (sulfide) groups is 1. The lowest BCUT2D eigenvalue weighted by Gasteiger charge is -2.26. The van der Waals surface area contributed by atoms with Crippen molar-refractivity contribution < 1.29 is 29.6 Å². The Labute approximate surface area is 292 Å². The van der Waals surface area contributed by atoms with Gasteiger partial charge in [-0.1, -0.05) is 62.3 Å². The number of nitrogens with zero attached hydrogens (tertiary/aromatic N) is 4. The fraction of sp³-hybridized carbons (Fsp3) is 0.265. The van der Waals surface area contributed by atoms with Crippen LogP contribution >= 0.6 is 23.4 Å². The minimum atomic E-state index is -0.751. The number of carbonyl (C=O) groups is 2. The first kappa shape index (κ1) is 34.0. The average molecular weight is 706 g/mol. The monoisotopic (exact) mass is 705 g/mol. The first-order valence-electron chi connectivity index (χ1n) is 15.4. The largest absolute Gasteiger partial charge is 0.506 e. The molecule has 0 bridgehead atoms. The van der Waals surface area contributed by atoms with Crippen LogP contribution in [-0.4, -0.2) is 66.8 Å². The zero-order valence-electron chi connectivity index (χ0n) is 26.9. The summed E-state index contributed by atoms with van der Waals surface area (Å²) in [6.07, 6.45) is 3.45. The normalized spacial score (nSPS) is 15.0. The Morgan fingerprint density at radius 3 is 2.55 bits per heavy atom. The Morgan fingerprint density at radius 1 is 1.04 bits per heavy atom. The van der Waals surface area contributed by atoms with Crippen molar-refractivity contribution in [3.8, 4) is 22.9 Å². The number of aliphatic hydroxyl groups is 2. The number of para-hydroxylation sites is 1. The van der Waals surface area contributed by atoms with Gasteiger partial charge in [0.1, 0.15) is 23.1 Å². The Morgan fingerprint density at radius 2 is 1.82 bits per heavy atom. The van der Waals surface area contributed by atoms with Gasteiger partial charge in [-0.2, -0.15) is 5.10 Å². The number of urea groups is 2. The van der Waals surface area contributed by atoms with Gasteiger partial charge >= 0.3 is 12.1 Å². The minimum absolute atomic E-state index is 0.0545. The van der Waals surface area contributed by atoms with Crippen LogP contribution in [0.1, 0.15) is 32.0 Å². The number of benzene rings is 3. The molecule has 0 radical (unpaired) electrons. The molecule has 4 aromatic rings. The van der Waals surface area contributed by atoms with Crippen molar-refractivity contribution in [1.29, 1.82) is 0 Å². The van der Waals surface area contributed by atoms with E-state index in [1.807, 2.05) is 68.1 Å². The van der Waals surface area contributed by atoms with Gasteiger partial charge in [0.05, 0.1) is 41.3 Å². The Kier molecular flexibility index (Phi) is 9.65. The predicted octanol–water partition coefficient (Wildman–Crippen LogP) is 5.69. The second-order valence-corrected chi connectivity index (χ2v) is 13.9. The van der Waals surface area contributed by atoms with Crippen LogP contribution in [-0.2, 0) is 12.0 Å². The number of rotatable bonds is 9. The molecule has 4 amide bonds. The number of fused-ring (bicyclic) bond motifs is 3. The first-order chi connectivity index (χ1) is 23.4. The van der Waals surface area contributed by atoms with Gasteiger partial charge in [-0.25, -0.2) is 14.3 Å². The number of amides is 4. The van der Waals surface area contributed by atoms with Crippen molar-refractivity contribution in [2.45, 2.75) is 49.2 Å². The molecule has 256 valence electrons. The van der Waals surface area contributed by atoms with E-state index in [9.17, 15) is 24.9 Å². The van der Waals surface area contributed by atoms with E-state index in [1.54, 1.807) is 35.3 Å². The van der Waals surface area contributed by atoms with Crippen LogP contribution in [0.3, 0.4) is 0 Å². The molecule has 15 heteroatoms. The standard InChI is InChI=1S/C34H36ClN7O6S/c1-34(2,3)29-16-30(42(39-29)22-8-10-26(45)24(35)14-22)38-31(46)36-17-20-6-4-5-7-27(20)48-23-9-11-28-25(15-23)40-12-13-41(33(40)49-28)32(47)37-21(18-43)19-44/h4-16,21,33,43-45H,17-19H2,1-3H3,(H,37,47)(H2,36,38,46). The highest BCUT2D eigenvalue weighted by Gasteiger charge is 2.39. The van der Waals surface area contributed by atoms with E-state index in [0.717, 1.165) is 21.8 Å². The van der Waals surface area contributed by atoms with Crippen molar-refractivity contribution >= 4 is 46.9 Å². The number of anilines is 2. The van der Waals surface area contributed by atoms with E-state index >= 15 is 0 Å². The average Bonchev–Trinajstić information content (AvgIpc) is 3.78. The van der Waals surface area contributed by atoms with E-state index < -0.39 is 18.1 Å². The summed E-state index contributed by atoms with van der Waals surface area (Å²) in [6.45, 7) is 5.48. The molecule has 0 saturated heterocycles. The third-order valence-electron chi connectivity index (χ3n) is 7.84. The Bertz CT molecular complexity index is 1910. The molecule has 0 aliphatic carbocycles. The second kappa shape index (κ2) is 13.9. The topological polar surface area (TPSA) is 164 Å². The van der Waals surface area contributed by atoms with Crippen molar-refractivity contribution in [2.75, 3.05) is 23.4 Å². The van der Waals surface area contributed by atoms with E-state index in [-0.39, 0.29) is 41.4 Å². The molecule has 49 heavy (non-hydrogen) atoms. The van der Waals surface area contributed by atoms with Crippen molar-refractivity contribution in [2.24, 2.45) is 0 Å². The molecule has 2 aliphatic heterocycles. The summed E-state index contributed by atoms with van der Waals surface area (Å²) in [4.78, 5) is 30.4. The van der Waals surface area contributed by atoms with E-state index in [1.165, 1.54) is 22.7 Å². The molecular weight excluding hydrogens is 670 g/mol. The molecular formula is C34H36ClN7O6S. The number of ether oxygens (including phenoxy) is 1. The lowest BCUT2D eigenvalue weighted by Crippen LogP contribution is -2.49. The zero-order chi connectivity index (χ0) is 34.9. The molecule has 2 aliphatic rings. The van der Waals surface area contributed by atoms with E-state index in [0.29, 0.717) is 23.0 Å². The summed E-state index contributed by atoms with van der Waals surface area (Å²) in [5.74, 6) is 1.50. The van der Waals surface area contributed by atoms with Crippen LogP contribution in [0.2, 0.25) is 5.02 Å². The molecule has 3 aromatic carbocycles.